The summed E-state index contributed by atoms with van der Waals surface area (Å²) < 4.78 is 2.26. The Kier molecular flexibility index (Phi) is 2.77. The Morgan fingerprint density at radius 3 is 2.83 bits per heavy atom. The minimum absolute atomic E-state index is 0.520. The number of aromatic nitrogens is 2. The number of benzene rings is 1. The van der Waals surface area contributed by atoms with Crippen LogP contribution in [0.2, 0.25) is 0 Å². The monoisotopic (exact) mass is 243 g/mol. The van der Waals surface area contributed by atoms with Crippen LogP contribution in [-0.2, 0) is 0 Å². The molecule has 3 heteroatoms. The van der Waals surface area contributed by atoms with Gasteiger partial charge >= 0.3 is 0 Å². The van der Waals surface area contributed by atoms with Gasteiger partial charge in [0.05, 0.1) is 11.0 Å². The van der Waals surface area contributed by atoms with Gasteiger partial charge in [0.2, 0.25) is 5.95 Å². The fraction of sp³-hybridized carbons (Fsp3) is 0.533. The highest BCUT2D eigenvalue weighted by molar-refractivity contribution is 5.79. The van der Waals surface area contributed by atoms with Crippen LogP contribution < -0.4 is 5.73 Å². The fourth-order valence-electron chi connectivity index (χ4n) is 3.26. The fourth-order valence-corrected chi connectivity index (χ4v) is 3.26. The van der Waals surface area contributed by atoms with Crippen LogP contribution in [0.25, 0.3) is 11.0 Å². The Bertz CT molecular complexity index is 570. The van der Waals surface area contributed by atoms with Crippen molar-refractivity contribution in [1.82, 2.24) is 9.55 Å². The number of rotatable bonds is 1. The van der Waals surface area contributed by atoms with Crippen LogP contribution in [0.4, 0.5) is 5.95 Å². The van der Waals surface area contributed by atoms with Gasteiger partial charge in [-0.15, -0.1) is 0 Å². The zero-order valence-corrected chi connectivity index (χ0v) is 11.2. The third-order valence-electron chi connectivity index (χ3n) is 4.27. The lowest BCUT2D eigenvalue weighted by Crippen LogP contribution is -2.22. The van der Waals surface area contributed by atoms with E-state index in [4.69, 9.17) is 5.73 Å². The molecular weight excluding hydrogens is 222 g/mol. The molecule has 2 atom stereocenters. The van der Waals surface area contributed by atoms with Gasteiger partial charge in [-0.1, -0.05) is 25.8 Å². The van der Waals surface area contributed by atoms with Crippen molar-refractivity contribution in [3.63, 3.8) is 0 Å². The molecular formula is C15H21N3. The number of fused-ring (bicyclic) bond motifs is 1. The summed E-state index contributed by atoms with van der Waals surface area (Å²) in [7, 11) is 0. The summed E-state index contributed by atoms with van der Waals surface area (Å²) in [6, 6.07) is 6.95. The third kappa shape index (κ3) is 1.78. The minimum atomic E-state index is 0.520. The van der Waals surface area contributed by atoms with Gasteiger partial charge in [0.1, 0.15) is 0 Å². The molecule has 1 heterocycles. The average Bonchev–Trinajstić information content (AvgIpc) is 2.65. The van der Waals surface area contributed by atoms with Gasteiger partial charge in [-0.2, -0.15) is 0 Å². The van der Waals surface area contributed by atoms with E-state index in [1.807, 2.05) is 0 Å². The molecule has 1 aliphatic carbocycles. The van der Waals surface area contributed by atoms with Crippen molar-refractivity contribution in [2.45, 2.75) is 45.6 Å². The lowest BCUT2D eigenvalue weighted by Gasteiger charge is -2.31. The van der Waals surface area contributed by atoms with E-state index in [1.165, 1.54) is 36.8 Å². The van der Waals surface area contributed by atoms with E-state index in [0.717, 1.165) is 5.52 Å². The predicted molar refractivity (Wildman–Crippen MR) is 75.6 cm³/mol. The summed E-state index contributed by atoms with van der Waals surface area (Å²) in [6.07, 6.45) is 5.18. The van der Waals surface area contributed by atoms with Gasteiger partial charge in [-0.3, -0.25) is 0 Å². The zero-order valence-electron chi connectivity index (χ0n) is 11.2. The third-order valence-corrected chi connectivity index (χ3v) is 4.27. The molecule has 0 spiro atoms. The zero-order chi connectivity index (χ0) is 12.7. The molecule has 1 saturated carbocycles. The molecule has 96 valence electrons. The first-order chi connectivity index (χ1) is 8.66. The number of aryl methyl sites for hydroxylation is 1. The van der Waals surface area contributed by atoms with Crippen molar-refractivity contribution in [3.05, 3.63) is 23.8 Å². The van der Waals surface area contributed by atoms with Crippen LogP contribution in [0.5, 0.6) is 0 Å². The molecule has 0 amide bonds. The molecule has 0 radical (unpaired) electrons. The van der Waals surface area contributed by atoms with E-state index < -0.39 is 0 Å². The highest BCUT2D eigenvalue weighted by Crippen LogP contribution is 2.37. The molecule has 2 aromatic rings. The van der Waals surface area contributed by atoms with Crippen molar-refractivity contribution in [2.24, 2.45) is 5.92 Å². The summed E-state index contributed by atoms with van der Waals surface area (Å²) in [5.74, 6) is 1.37. The molecule has 0 aliphatic heterocycles. The van der Waals surface area contributed by atoms with Gasteiger partial charge in [0, 0.05) is 6.04 Å². The van der Waals surface area contributed by atoms with Gasteiger partial charge in [-0.05, 0) is 43.4 Å². The Hall–Kier alpha value is -1.51. The maximum Gasteiger partial charge on any atom is 0.201 e. The Morgan fingerprint density at radius 2 is 2.06 bits per heavy atom. The predicted octanol–water partition coefficient (Wildman–Crippen LogP) is 3.68. The Labute approximate surface area is 108 Å². The molecule has 1 fully saturated rings. The van der Waals surface area contributed by atoms with Crippen LogP contribution in [0, 0.1) is 12.8 Å². The Balaban J connectivity index is 2.12. The minimum Gasteiger partial charge on any atom is -0.369 e. The van der Waals surface area contributed by atoms with Gasteiger partial charge < -0.3 is 10.3 Å². The molecule has 0 bridgehead atoms. The molecule has 3 rings (SSSR count). The first-order valence-corrected chi connectivity index (χ1v) is 6.91. The standard InChI is InChI=1S/C15H21N3/c1-10-7-8-14-12(9-10)17-15(16)18(14)13-6-4-3-5-11(13)2/h7-9,11,13H,3-6H2,1-2H3,(H2,16,17). The number of nitrogen functional groups attached to an aromatic ring is 1. The van der Waals surface area contributed by atoms with Crippen molar-refractivity contribution < 1.29 is 0 Å². The van der Waals surface area contributed by atoms with E-state index in [1.54, 1.807) is 0 Å². The molecule has 1 aliphatic rings. The van der Waals surface area contributed by atoms with Crippen molar-refractivity contribution in [3.8, 4) is 0 Å². The van der Waals surface area contributed by atoms with E-state index >= 15 is 0 Å². The van der Waals surface area contributed by atoms with E-state index in [-0.39, 0.29) is 0 Å². The van der Waals surface area contributed by atoms with E-state index in [0.29, 0.717) is 17.9 Å². The number of hydrogen-bond acceptors (Lipinski definition) is 2. The molecule has 1 aromatic carbocycles. The summed E-state index contributed by atoms with van der Waals surface area (Å²) >= 11 is 0. The average molecular weight is 243 g/mol. The van der Waals surface area contributed by atoms with Crippen molar-refractivity contribution >= 4 is 17.0 Å². The maximum absolute atomic E-state index is 6.15. The molecule has 2 N–H and O–H groups in total. The van der Waals surface area contributed by atoms with Crippen LogP contribution >= 0.6 is 0 Å². The molecule has 18 heavy (non-hydrogen) atoms. The maximum atomic E-state index is 6.15. The molecule has 1 aromatic heterocycles. The first kappa shape index (κ1) is 11.6. The summed E-state index contributed by atoms with van der Waals surface area (Å²) in [5.41, 5.74) is 9.61. The normalized spacial score (nSPS) is 24.6. The Morgan fingerprint density at radius 1 is 1.28 bits per heavy atom. The second kappa shape index (κ2) is 4.30. The topological polar surface area (TPSA) is 43.8 Å². The van der Waals surface area contributed by atoms with E-state index in [9.17, 15) is 0 Å². The second-order valence-electron chi connectivity index (χ2n) is 5.66. The number of hydrogen-bond donors (Lipinski definition) is 1. The van der Waals surface area contributed by atoms with Crippen LogP contribution in [-0.4, -0.2) is 9.55 Å². The van der Waals surface area contributed by atoms with Crippen molar-refractivity contribution in [2.75, 3.05) is 5.73 Å². The quantitative estimate of drug-likeness (QED) is 0.830. The molecule has 3 nitrogen and oxygen atoms in total. The number of imidazole rings is 1. The highest BCUT2D eigenvalue weighted by Gasteiger charge is 2.25. The van der Waals surface area contributed by atoms with Crippen LogP contribution in [0.3, 0.4) is 0 Å². The lowest BCUT2D eigenvalue weighted by molar-refractivity contribution is 0.264. The van der Waals surface area contributed by atoms with Gasteiger partial charge in [-0.25, -0.2) is 4.98 Å². The highest BCUT2D eigenvalue weighted by atomic mass is 15.2. The van der Waals surface area contributed by atoms with Crippen molar-refractivity contribution in [1.29, 1.82) is 0 Å². The van der Waals surface area contributed by atoms with Gasteiger partial charge in [0.25, 0.3) is 0 Å². The molecule has 0 saturated heterocycles. The molecule has 2 unspecified atom stereocenters. The van der Waals surface area contributed by atoms with Crippen LogP contribution in [0.1, 0.15) is 44.2 Å². The number of anilines is 1. The van der Waals surface area contributed by atoms with Crippen LogP contribution in [0.15, 0.2) is 18.2 Å². The smallest absolute Gasteiger partial charge is 0.201 e. The lowest BCUT2D eigenvalue weighted by atomic mass is 9.85. The summed E-state index contributed by atoms with van der Waals surface area (Å²) in [5, 5.41) is 0. The summed E-state index contributed by atoms with van der Waals surface area (Å²) in [6.45, 7) is 4.43. The second-order valence-corrected chi connectivity index (χ2v) is 5.66. The number of nitrogens with two attached hydrogens (primary N) is 1. The summed E-state index contributed by atoms with van der Waals surface area (Å²) in [4.78, 5) is 4.52. The largest absolute Gasteiger partial charge is 0.369 e. The first-order valence-electron chi connectivity index (χ1n) is 6.91. The van der Waals surface area contributed by atoms with Gasteiger partial charge in [0.15, 0.2) is 0 Å². The number of nitrogens with zero attached hydrogens (tertiary/aromatic N) is 2. The SMILES string of the molecule is Cc1ccc2c(c1)nc(N)n2C1CCCCC1C. The van der Waals surface area contributed by atoms with E-state index in [2.05, 4.69) is 41.6 Å².